The second kappa shape index (κ2) is 5.10. The highest BCUT2D eigenvalue weighted by atomic mass is 15.3. The summed E-state index contributed by atoms with van der Waals surface area (Å²) in [7, 11) is 2.28. The molecule has 3 aliphatic heterocycles. The van der Waals surface area contributed by atoms with E-state index in [0.717, 1.165) is 23.9 Å². The Kier molecular flexibility index (Phi) is 3.65. The van der Waals surface area contributed by atoms with Crippen LogP contribution in [0.1, 0.15) is 26.7 Å². The molecule has 0 aromatic heterocycles. The summed E-state index contributed by atoms with van der Waals surface area (Å²) in [6, 6.07) is 1.62. The second-order valence-corrected chi connectivity index (χ2v) is 7.06. The monoisotopic (exact) mass is 251 g/mol. The average molecular weight is 251 g/mol. The van der Waals surface area contributed by atoms with Crippen molar-refractivity contribution in [1.82, 2.24) is 14.7 Å². The van der Waals surface area contributed by atoms with Gasteiger partial charge in [-0.05, 0) is 58.7 Å². The van der Waals surface area contributed by atoms with Gasteiger partial charge in [-0.15, -0.1) is 0 Å². The first-order chi connectivity index (χ1) is 8.63. The van der Waals surface area contributed by atoms with Gasteiger partial charge in [0.15, 0.2) is 0 Å². The van der Waals surface area contributed by atoms with E-state index in [1.165, 1.54) is 52.1 Å². The molecule has 3 rings (SSSR count). The molecular formula is C15H29N3. The zero-order chi connectivity index (χ0) is 12.7. The second-order valence-electron chi connectivity index (χ2n) is 7.06. The third-order valence-corrected chi connectivity index (χ3v) is 5.44. The number of likely N-dealkylation sites (tertiary alicyclic amines) is 3. The van der Waals surface area contributed by atoms with E-state index in [0.29, 0.717) is 0 Å². The Hall–Kier alpha value is -0.120. The minimum Gasteiger partial charge on any atom is -0.306 e. The molecule has 3 nitrogen and oxygen atoms in total. The van der Waals surface area contributed by atoms with E-state index in [1.54, 1.807) is 0 Å². The largest absolute Gasteiger partial charge is 0.306 e. The lowest BCUT2D eigenvalue weighted by Gasteiger charge is -2.39. The van der Waals surface area contributed by atoms with Crippen molar-refractivity contribution in [3.8, 4) is 0 Å². The van der Waals surface area contributed by atoms with Gasteiger partial charge in [0.25, 0.3) is 0 Å². The van der Waals surface area contributed by atoms with Crippen molar-refractivity contribution in [1.29, 1.82) is 0 Å². The Labute approximate surface area is 112 Å². The highest BCUT2D eigenvalue weighted by Crippen LogP contribution is 2.33. The number of hydrogen-bond donors (Lipinski definition) is 0. The van der Waals surface area contributed by atoms with E-state index >= 15 is 0 Å². The van der Waals surface area contributed by atoms with Crippen molar-refractivity contribution >= 4 is 0 Å². The van der Waals surface area contributed by atoms with Crippen LogP contribution in [0, 0.1) is 11.8 Å². The van der Waals surface area contributed by atoms with E-state index in [-0.39, 0.29) is 0 Å². The van der Waals surface area contributed by atoms with Gasteiger partial charge in [0.05, 0.1) is 0 Å². The molecule has 0 saturated carbocycles. The lowest BCUT2D eigenvalue weighted by Crippen LogP contribution is -2.46. The first kappa shape index (κ1) is 12.9. The zero-order valence-corrected chi connectivity index (χ0v) is 12.3. The van der Waals surface area contributed by atoms with Crippen molar-refractivity contribution in [2.75, 3.05) is 46.3 Å². The van der Waals surface area contributed by atoms with Crippen molar-refractivity contribution in [3.63, 3.8) is 0 Å². The molecule has 0 amide bonds. The van der Waals surface area contributed by atoms with Gasteiger partial charge in [-0.25, -0.2) is 0 Å². The van der Waals surface area contributed by atoms with Crippen LogP contribution in [-0.4, -0.2) is 73.1 Å². The standard InChI is InChI=1S/C15H29N3/c1-12(2)17-6-4-15(5-7-17)18-10-13-8-16(3)9-14(13)11-18/h12-15H,4-11H2,1-3H3. The fraction of sp³-hybridized carbons (Fsp3) is 1.00. The molecule has 3 fully saturated rings. The van der Waals surface area contributed by atoms with E-state index in [1.807, 2.05) is 0 Å². The predicted octanol–water partition coefficient (Wildman–Crippen LogP) is 1.35. The topological polar surface area (TPSA) is 9.72 Å². The molecule has 2 atom stereocenters. The Morgan fingerprint density at radius 3 is 1.94 bits per heavy atom. The molecule has 3 saturated heterocycles. The first-order valence-electron chi connectivity index (χ1n) is 7.80. The number of hydrogen-bond acceptors (Lipinski definition) is 3. The van der Waals surface area contributed by atoms with Gasteiger partial charge in [-0.3, -0.25) is 4.90 Å². The lowest BCUT2D eigenvalue weighted by molar-refractivity contribution is 0.0998. The summed E-state index contributed by atoms with van der Waals surface area (Å²) in [5.74, 6) is 1.94. The highest BCUT2D eigenvalue weighted by molar-refractivity contribution is 4.95. The summed E-state index contributed by atoms with van der Waals surface area (Å²) in [5.41, 5.74) is 0. The number of nitrogens with zero attached hydrogens (tertiary/aromatic N) is 3. The third kappa shape index (κ3) is 2.45. The van der Waals surface area contributed by atoms with E-state index in [2.05, 4.69) is 35.6 Å². The molecule has 18 heavy (non-hydrogen) atoms. The van der Waals surface area contributed by atoms with Gasteiger partial charge in [0, 0.05) is 38.3 Å². The van der Waals surface area contributed by atoms with Crippen LogP contribution >= 0.6 is 0 Å². The molecule has 3 heteroatoms. The van der Waals surface area contributed by atoms with Crippen LogP contribution in [0.2, 0.25) is 0 Å². The normalized spacial score (nSPS) is 36.7. The maximum absolute atomic E-state index is 2.82. The number of rotatable bonds is 2. The van der Waals surface area contributed by atoms with Crippen LogP contribution in [0.5, 0.6) is 0 Å². The molecule has 3 aliphatic rings. The van der Waals surface area contributed by atoms with E-state index < -0.39 is 0 Å². The Balaban J connectivity index is 1.50. The molecule has 0 radical (unpaired) electrons. The van der Waals surface area contributed by atoms with Crippen molar-refractivity contribution in [2.24, 2.45) is 11.8 Å². The number of fused-ring (bicyclic) bond motifs is 1. The van der Waals surface area contributed by atoms with Gasteiger partial charge in [-0.2, -0.15) is 0 Å². The Bertz CT molecular complexity index is 269. The minimum atomic E-state index is 0.734. The first-order valence-corrected chi connectivity index (χ1v) is 7.80. The molecule has 0 bridgehead atoms. The molecule has 0 aromatic rings. The SMILES string of the molecule is CC(C)N1CCC(N2CC3CN(C)CC3C2)CC1. The van der Waals surface area contributed by atoms with Crippen LogP contribution in [0.3, 0.4) is 0 Å². The average Bonchev–Trinajstić information content (AvgIpc) is 2.86. The molecule has 3 heterocycles. The maximum Gasteiger partial charge on any atom is 0.0120 e. The maximum atomic E-state index is 2.82. The molecule has 0 N–H and O–H groups in total. The van der Waals surface area contributed by atoms with Gasteiger partial charge in [0.1, 0.15) is 0 Å². The van der Waals surface area contributed by atoms with Gasteiger partial charge >= 0.3 is 0 Å². The Morgan fingerprint density at radius 2 is 1.44 bits per heavy atom. The smallest absolute Gasteiger partial charge is 0.0120 e. The third-order valence-electron chi connectivity index (χ3n) is 5.44. The minimum absolute atomic E-state index is 0.734. The fourth-order valence-corrected chi connectivity index (χ4v) is 4.33. The van der Waals surface area contributed by atoms with E-state index in [4.69, 9.17) is 0 Å². The van der Waals surface area contributed by atoms with Crippen LogP contribution in [0.25, 0.3) is 0 Å². The van der Waals surface area contributed by atoms with Crippen molar-refractivity contribution in [3.05, 3.63) is 0 Å². The van der Waals surface area contributed by atoms with Gasteiger partial charge in [-0.1, -0.05) is 0 Å². The summed E-state index contributed by atoms with van der Waals surface area (Å²) in [6.45, 7) is 12.7. The number of piperidine rings is 1. The van der Waals surface area contributed by atoms with Gasteiger partial charge in [0.2, 0.25) is 0 Å². The zero-order valence-electron chi connectivity index (χ0n) is 12.3. The lowest BCUT2D eigenvalue weighted by atomic mass is 10.0. The fourth-order valence-electron chi connectivity index (χ4n) is 4.33. The summed E-state index contributed by atoms with van der Waals surface area (Å²) in [6.07, 6.45) is 2.79. The van der Waals surface area contributed by atoms with Gasteiger partial charge < -0.3 is 9.80 Å². The summed E-state index contributed by atoms with van der Waals surface area (Å²) >= 11 is 0. The molecular weight excluding hydrogens is 222 g/mol. The molecule has 0 aliphatic carbocycles. The van der Waals surface area contributed by atoms with Crippen LogP contribution < -0.4 is 0 Å². The Morgan fingerprint density at radius 1 is 0.889 bits per heavy atom. The molecule has 2 unspecified atom stereocenters. The van der Waals surface area contributed by atoms with E-state index in [9.17, 15) is 0 Å². The highest BCUT2D eigenvalue weighted by Gasteiger charge is 2.41. The van der Waals surface area contributed by atoms with Crippen molar-refractivity contribution < 1.29 is 0 Å². The van der Waals surface area contributed by atoms with Crippen LogP contribution in [-0.2, 0) is 0 Å². The van der Waals surface area contributed by atoms with Crippen molar-refractivity contribution in [2.45, 2.75) is 38.8 Å². The summed E-state index contributed by atoms with van der Waals surface area (Å²) in [5, 5.41) is 0. The predicted molar refractivity (Wildman–Crippen MR) is 75.8 cm³/mol. The quantitative estimate of drug-likeness (QED) is 0.733. The molecule has 0 spiro atoms. The molecule has 104 valence electrons. The van der Waals surface area contributed by atoms with Crippen LogP contribution in [0.15, 0.2) is 0 Å². The summed E-state index contributed by atoms with van der Waals surface area (Å²) < 4.78 is 0. The summed E-state index contributed by atoms with van der Waals surface area (Å²) in [4.78, 5) is 7.98. The van der Waals surface area contributed by atoms with Crippen LogP contribution in [0.4, 0.5) is 0 Å². The molecule has 0 aromatic carbocycles.